The van der Waals surface area contributed by atoms with Crippen LogP contribution in [-0.2, 0) is 19.1 Å². The van der Waals surface area contributed by atoms with Gasteiger partial charge in [-0.05, 0) is 42.9 Å². The number of Topliss-reactive ketones (excluding diaryl/α,β-unsaturated/α-hetero) is 1. The summed E-state index contributed by atoms with van der Waals surface area (Å²) in [5.74, 6) is -1.30. The molecule has 6 rings (SSSR count). The van der Waals surface area contributed by atoms with E-state index in [2.05, 4.69) is 12.2 Å². The molecule has 2 saturated carbocycles. The third-order valence-corrected chi connectivity index (χ3v) is 7.57. The molecule has 1 heterocycles. The number of esters is 1. The van der Waals surface area contributed by atoms with Crippen LogP contribution in [0.2, 0.25) is 0 Å². The van der Waals surface area contributed by atoms with Crippen molar-refractivity contribution in [2.45, 2.75) is 33.2 Å². The van der Waals surface area contributed by atoms with Crippen molar-refractivity contribution in [3.8, 4) is 0 Å². The van der Waals surface area contributed by atoms with Crippen LogP contribution in [0.4, 0.5) is 0 Å². The van der Waals surface area contributed by atoms with Crippen LogP contribution in [0.5, 0.6) is 0 Å². The number of ketones is 1. The molecular formula is C25H27NO5. The van der Waals surface area contributed by atoms with Gasteiger partial charge in [-0.25, -0.2) is 4.79 Å². The Kier molecular flexibility index (Phi) is 4.65. The molecule has 1 aromatic carbocycles. The minimum absolute atomic E-state index is 0.105. The van der Waals surface area contributed by atoms with Gasteiger partial charge in [0.2, 0.25) is 11.8 Å². The molecule has 4 aliphatic carbocycles. The minimum Gasteiger partial charge on any atom is -0.456 e. The fraction of sp³-hybridized carbons (Fsp3) is 0.520. The lowest BCUT2D eigenvalue weighted by Gasteiger charge is -2.37. The van der Waals surface area contributed by atoms with Gasteiger partial charge < -0.3 is 4.74 Å². The highest BCUT2D eigenvalue weighted by Gasteiger charge is 2.68. The standard InChI is InChI=1S/C25H27NO5/c1-12(2)22(25(30)31-11-19(27)14-6-4-13(3)5-7-14)26-23(28)20-15-8-9-16(18-10-17(15)18)21(20)24(26)29/h4-9,12,15-18,20-22H,10-11H2,1-3H3/t15-,16-,17-,18-,20-,21+,22-/m1/s1. The number of likely N-dealkylation sites (tertiary alicyclic amines) is 1. The summed E-state index contributed by atoms with van der Waals surface area (Å²) in [6.45, 7) is 5.10. The van der Waals surface area contributed by atoms with E-state index in [1.54, 1.807) is 26.0 Å². The molecule has 0 radical (unpaired) electrons. The van der Waals surface area contributed by atoms with Crippen LogP contribution in [0.15, 0.2) is 36.4 Å². The summed E-state index contributed by atoms with van der Waals surface area (Å²) >= 11 is 0. The van der Waals surface area contributed by atoms with Gasteiger partial charge in [-0.2, -0.15) is 0 Å². The Bertz CT molecular complexity index is 958. The second-order valence-electron chi connectivity index (χ2n) is 9.79. The fourth-order valence-electron chi connectivity index (χ4n) is 5.97. The summed E-state index contributed by atoms with van der Waals surface area (Å²) in [4.78, 5) is 53.2. The zero-order valence-corrected chi connectivity index (χ0v) is 18.0. The molecular weight excluding hydrogens is 394 g/mol. The number of carbonyl (C=O) groups is 4. The molecule has 31 heavy (non-hydrogen) atoms. The van der Waals surface area contributed by atoms with Crippen LogP contribution < -0.4 is 0 Å². The highest BCUT2D eigenvalue weighted by molar-refractivity contribution is 6.09. The Hall–Kier alpha value is -2.76. The van der Waals surface area contributed by atoms with Gasteiger partial charge in [-0.15, -0.1) is 0 Å². The summed E-state index contributed by atoms with van der Waals surface area (Å²) in [5, 5.41) is 0. The number of hydrogen-bond donors (Lipinski definition) is 0. The van der Waals surface area contributed by atoms with Crippen molar-refractivity contribution >= 4 is 23.6 Å². The van der Waals surface area contributed by atoms with Crippen molar-refractivity contribution in [3.63, 3.8) is 0 Å². The number of aryl methyl sites for hydroxylation is 1. The summed E-state index contributed by atoms with van der Waals surface area (Å²) < 4.78 is 5.32. The average molecular weight is 421 g/mol. The Balaban J connectivity index is 1.32. The summed E-state index contributed by atoms with van der Waals surface area (Å²) in [5.41, 5.74) is 1.49. The predicted octanol–water partition coefficient (Wildman–Crippen LogP) is 2.80. The minimum atomic E-state index is -1.01. The number of amides is 2. The van der Waals surface area contributed by atoms with E-state index >= 15 is 0 Å². The molecule has 1 aromatic rings. The van der Waals surface area contributed by atoms with E-state index in [1.807, 2.05) is 19.1 Å². The average Bonchev–Trinajstić information content (AvgIpc) is 3.53. The Morgan fingerprint density at radius 1 is 1.00 bits per heavy atom. The molecule has 2 bridgehead atoms. The number of ether oxygens (including phenoxy) is 1. The van der Waals surface area contributed by atoms with Gasteiger partial charge in [0.1, 0.15) is 6.04 Å². The van der Waals surface area contributed by atoms with Crippen LogP contribution >= 0.6 is 0 Å². The molecule has 5 aliphatic rings. The maximum Gasteiger partial charge on any atom is 0.330 e. The first-order valence-electron chi connectivity index (χ1n) is 11.1. The van der Waals surface area contributed by atoms with Crippen molar-refractivity contribution in [1.29, 1.82) is 0 Å². The van der Waals surface area contributed by atoms with Crippen molar-refractivity contribution < 1.29 is 23.9 Å². The monoisotopic (exact) mass is 421 g/mol. The lowest BCUT2D eigenvalue weighted by Crippen LogP contribution is -2.49. The van der Waals surface area contributed by atoms with Gasteiger partial charge in [0, 0.05) is 5.56 Å². The van der Waals surface area contributed by atoms with E-state index in [0.717, 1.165) is 16.9 Å². The van der Waals surface area contributed by atoms with Gasteiger partial charge in [-0.1, -0.05) is 55.8 Å². The molecule has 0 N–H and O–H groups in total. The van der Waals surface area contributed by atoms with Gasteiger partial charge in [0.15, 0.2) is 12.4 Å². The van der Waals surface area contributed by atoms with E-state index in [9.17, 15) is 19.2 Å². The smallest absolute Gasteiger partial charge is 0.330 e. The third-order valence-electron chi connectivity index (χ3n) is 7.57. The molecule has 7 atom stereocenters. The van der Waals surface area contributed by atoms with E-state index in [0.29, 0.717) is 17.4 Å². The highest BCUT2D eigenvalue weighted by atomic mass is 16.5. The Morgan fingerprint density at radius 2 is 1.55 bits per heavy atom. The predicted molar refractivity (Wildman–Crippen MR) is 112 cm³/mol. The van der Waals surface area contributed by atoms with E-state index < -0.39 is 18.6 Å². The van der Waals surface area contributed by atoms with E-state index in [-0.39, 0.29) is 47.2 Å². The van der Waals surface area contributed by atoms with E-state index in [1.165, 1.54) is 0 Å². The second kappa shape index (κ2) is 7.14. The number of imide groups is 1. The number of carbonyl (C=O) groups excluding carboxylic acids is 4. The first kappa shape index (κ1) is 20.2. The van der Waals surface area contributed by atoms with Crippen molar-refractivity contribution in [2.24, 2.45) is 41.4 Å². The van der Waals surface area contributed by atoms with Crippen molar-refractivity contribution in [3.05, 3.63) is 47.5 Å². The van der Waals surface area contributed by atoms with Gasteiger partial charge in [0.25, 0.3) is 0 Å². The zero-order chi connectivity index (χ0) is 22.0. The largest absolute Gasteiger partial charge is 0.456 e. The molecule has 6 nitrogen and oxygen atoms in total. The highest BCUT2D eigenvalue weighted by Crippen LogP contribution is 2.65. The zero-order valence-electron chi connectivity index (χ0n) is 18.0. The lowest BCUT2D eigenvalue weighted by atomic mass is 9.63. The topological polar surface area (TPSA) is 80.8 Å². The molecule has 0 unspecified atom stereocenters. The SMILES string of the molecule is Cc1ccc(C(=O)COC(=O)[C@@H](C(C)C)N2C(=O)[C@@H]3[C@@H]4C=C[C@H]([C@H]5C[C@H]45)[C@@H]3C2=O)cc1. The number of nitrogens with zero attached hydrogens (tertiary/aromatic N) is 1. The van der Waals surface area contributed by atoms with Gasteiger partial charge >= 0.3 is 5.97 Å². The van der Waals surface area contributed by atoms with Crippen LogP contribution in [0, 0.1) is 48.3 Å². The summed E-state index contributed by atoms with van der Waals surface area (Å²) in [7, 11) is 0. The first-order valence-corrected chi connectivity index (χ1v) is 11.1. The van der Waals surface area contributed by atoms with Gasteiger partial charge in [0.05, 0.1) is 11.8 Å². The van der Waals surface area contributed by atoms with Crippen LogP contribution in [0.1, 0.15) is 36.2 Å². The molecule has 0 spiro atoms. The number of benzene rings is 1. The molecule has 0 aromatic heterocycles. The molecule has 162 valence electrons. The van der Waals surface area contributed by atoms with Crippen molar-refractivity contribution in [1.82, 2.24) is 4.90 Å². The Labute approximate surface area is 181 Å². The summed E-state index contributed by atoms with van der Waals surface area (Å²) in [6.07, 6.45) is 5.31. The summed E-state index contributed by atoms with van der Waals surface area (Å²) in [6, 6.07) is 6.02. The van der Waals surface area contributed by atoms with Crippen LogP contribution in [-0.4, -0.2) is 41.1 Å². The van der Waals surface area contributed by atoms with Gasteiger partial charge in [-0.3, -0.25) is 19.3 Å². The first-order chi connectivity index (χ1) is 14.8. The fourth-order valence-corrected chi connectivity index (χ4v) is 5.97. The quantitative estimate of drug-likeness (QED) is 0.305. The molecule has 1 saturated heterocycles. The Morgan fingerprint density at radius 3 is 2.06 bits per heavy atom. The number of allylic oxidation sites excluding steroid dienone is 2. The third kappa shape index (κ3) is 3.07. The number of rotatable bonds is 6. The maximum absolute atomic E-state index is 13.3. The molecule has 6 heteroatoms. The van der Waals surface area contributed by atoms with Crippen LogP contribution in [0.3, 0.4) is 0 Å². The number of hydrogen-bond acceptors (Lipinski definition) is 5. The van der Waals surface area contributed by atoms with Crippen LogP contribution in [0.25, 0.3) is 0 Å². The molecule has 3 fully saturated rings. The van der Waals surface area contributed by atoms with Crippen molar-refractivity contribution in [2.75, 3.05) is 6.61 Å². The van der Waals surface area contributed by atoms with E-state index in [4.69, 9.17) is 4.74 Å². The molecule has 2 amide bonds. The molecule has 1 aliphatic heterocycles. The maximum atomic E-state index is 13.3. The lowest BCUT2D eigenvalue weighted by molar-refractivity contribution is -0.160. The second-order valence-corrected chi connectivity index (χ2v) is 9.79. The normalized spacial score (nSPS) is 33.4.